The molecule has 2 N–H and O–H groups in total. The van der Waals surface area contributed by atoms with Gasteiger partial charge in [0, 0.05) is 35.8 Å². The lowest BCUT2D eigenvalue weighted by molar-refractivity contribution is -0.260. The molecule has 28 heavy (non-hydrogen) atoms. The highest BCUT2D eigenvalue weighted by molar-refractivity contribution is 5.97. The summed E-state index contributed by atoms with van der Waals surface area (Å²) in [6.45, 7) is 2.86. The number of alkyl halides is 3. The highest BCUT2D eigenvalue weighted by Crippen LogP contribution is 2.38. The van der Waals surface area contributed by atoms with Gasteiger partial charge in [-0.1, -0.05) is 6.07 Å². The van der Waals surface area contributed by atoms with Gasteiger partial charge in [0.15, 0.2) is 5.60 Å². The van der Waals surface area contributed by atoms with E-state index in [0.717, 1.165) is 17.3 Å². The SMILES string of the molecule is Cc1c(CNC(=O)c2ccc3nc(C(C)(O)C(F)(F)F)ccc3c2)cnn1C. The summed E-state index contributed by atoms with van der Waals surface area (Å²) in [5.74, 6) is -0.323. The summed E-state index contributed by atoms with van der Waals surface area (Å²) in [5.41, 5.74) is -1.13. The average molecular weight is 392 g/mol. The molecule has 0 saturated carbocycles. The normalized spacial score (nSPS) is 14.1. The zero-order chi connectivity index (χ0) is 20.7. The Kier molecular flexibility index (Phi) is 4.88. The molecular formula is C19H19F3N4O2. The van der Waals surface area contributed by atoms with Crippen LogP contribution < -0.4 is 5.32 Å². The van der Waals surface area contributed by atoms with E-state index in [1.165, 1.54) is 18.2 Å². The van der Waals surface area contributed by atoms with Crippen molar-refractivity contribution in [1.82, 2.24) is 20.1 Å². The van der Waals surface area contributed by atoms with E-state index in [-0.39, 0.29) is 11.4 Å². The Bertz CT molecular complexity index is 1040. The zero-order valence-electron chi connectivity index (χ0n) is 15.5. The number of carbonyl (C=O) groups is 1. The molecule has 3 rings (SSSR count). The van der Waals surface area contributed by atoms with Gasteiger partial charge in [0.1, 0.15) is 0 Å². The molecule has 0 bridgehead atoms. The maximum absolute atomic E-state index is 13.0. The van der Waals surface area contributed by atoms with Gasteiger partial charge in [0.2, 0.25) is 0 Å². The minimum absolute atomic E-state index is 0.252. The molecule has 1 unspecified atom stereocenters. The van der Waals surface area contributed by atoms with Gasteiger partial charge in [0.05, 0.1) is 17.4 Å². The Hall–Kier alpha value is -2.94. The summed E-state index contributed by atoms with van der Waals surface area (Å²) < 4.78 is 40.7. The molecule has 1 amide bonds. The van der Waals surface area contributed by atoms with Gasteiger partial charge in [-0.15, -0.1) is 0 Å². The van der Waals surface area contributed by atoms with Crippen LogP contribution in [0.25, 0.3) is 10.9 Å². The molecule has 0 saturated heterocycles. The summed E-state index contributed by atoms with van der Waals surface area (Å²) in [4.78, 5) is 16.3. The molecule has 0 radical (unpaired) electrons. The number of rotatable bonds is 4. The summed E-state index contributed by atoms with van der Waals surface area (Å²) in [6, 6.07) is 6.98. The fourth-order valence-electron chi connectivity index (χ4n) is 2.68. The number of aliphatic hydroxyl groups is 1. The number of fused-ring (bicyclic) bond motifs is 1. The van der Waals surface area contributed by atoms with Gasteiger partial charge in [-0.25, -0.2) is 4.98 Å². The number of pyridine rings is 1. The van der Waals surface area contributed by atoms with Crippen LogP contribution in [0.1, 0.15) is 34.2 Å². The molecule has 0 fully saturated rings. The number of hydrogen-bond donors (Lipinski definition) is 2. The van der Waals surface area contributed by atoms with Crippen LogP contribution in [-0.4, -0.2) is 32.0 Å². The van der Waals surface area contributed by atoms with Crippen molar-refractivity contribution >= 4 is 16.8 Å². The van der Waals surface area contributed by atoms with Crippen molar-refractivity contribution < 1.29 is 23.1 Å². The molecule has 0 spiro atoms. The number of aryl methyl sites for hydroxylation is 1. The summed E-state index contributed by atoms with van der Waals surface area (Å²) in [6.07, 6.45) is -3.17. The number of benzene rings is 1. The van der Waals surface area contributed by atoms with Crippen LogP contribution in [0.5, 0.6) is 0 Å². The lowest BCUT2D eigenvalue weighted by atomic mass is 9.99. The molecule has 3 aromatic rings. The first-order valence-electron chi connectivity index (χ1n) is 8.47. The van der Waals surface area contributed by atoms with Crippen molar-refractivity contribution in [2.45, 2.75) is 32.2 Å². The van der Waals surface area contributed by atoms with Gasteiger partial charge >= 0.3 is 6.18 Å². The van der Waals surface area contributed by atoms with Crippen LogP contribution in [0, 0.1) is 6.92 Å². The van der Waals surface area contributed by atoms with Crippen molar-refractivity contribution in [3.63, 3.8) is 0 Å². The molecular weight excluding hydrogens is 373 g/mol. The Morgan fingerprint density at radius 1 is 1.25 bits per heavy atom. The first kappa shape index (κ1) is 19.8. The molecule has 6 nitrogen and oxygen atoms in total. The number of halogens is 3. The summed E-state index contributed by atoms with van der Waals surface area (Å²) in [5, 5.41) is 17.2. The van der Waals surface area contributed by atoms with Gasteiger partial charge in [-0.2, -0.15) is 18.3 Å². The molecule has 0 aliphatic carbocycles. The lowest BCUT2D eigenvalue weighted by Crippen LogP contribution is -2.39. The van der Waals surface area contributed by atoms with Gasteiger partial charge in [-0.3, -0.25) is 9.48 Å². The van der Waals surface area contributed by atoms with Crippen molar-refractivity contribution in [3.05, 3.63) is 59.0 Å². The van der Waals surface area contributed by atoms with Crippen molar-refractivity contribution in [1.29, 1.82) is 0 Å². The van der Waals surface area contributed by atoms with Crippen LogP contribution in [-0.2, 0) is 19.2 Å². The molecule has 1 atom stereocenters. The summed E-state index contributed by atoms with van der Waals surface area (Å²) >= 11 is 0. The number of nitrogens with one attached hydrogen (secondary N) is 1. The maximum Gasteiger partial charge on any atom is 0.422 e. The lowest BCUT2D eigenvalue weighted by Gasteiger charge is -2.25. The Balaban J connectivity index is 1.81. The third kappa shape index (κ3) is 3.57. The van der Waals surface area contributed by atoms with Crippen LogP contribution >= 0.6 is 0 Å². The van der Waals surface area contributed by atoms with Gasteiger partial charge < -0.3 is 10.4 Å². The monoisotopic (exact) mass is 392 g/mol. The average Bonchev–Trinajstić information content (AvgIpc) is 2.96. The zero-order valence-corrected chi connectivity index (χ0v) is 15.5. The van der Waals surface area contributed by atoms with E-state index in [9.17, 15) is 23.1 Å². The fourth-order valence-corrected chi connectivity index (χ4v) is 2.68. The number of aromatic nitrogens is 3. The van der Waals surface area contributed by atoms with E-state index in [0.29, 0.717) is 24.4 Å². The highest BCUT2D eigenvalue weighted by Gasteiger charge is 2.52. The van der Waals surface area contributed by atoms with Gasteiger partial charge in [-0.05, 0) is 38.1 Å². The molecule has 0 aliphatic heterocycles. The Morgan fingerprint density at radius 2 is 1.96 bits per heavy atom. The number of carbonyl (C=O) groups excluding carboxylic acids is 1. The number of hydrogen-bond acceptors (Lipinski definition) is 4. The minimum Gasteiger partial charge on any atom is -0.375 e. The van der Waals surface area contributed by atoms with E-state index in [2.05, 4.69) is 15.4 Å². The topological polar surface area (TPSA) is 80.0 Å². The van der Waals surface area contributed by atoms with Crippen LogP contribution in [0.15, 0.2) is 36.5 Å². The maximum atomic E-state index is 13.0. The predicted octanol–water partition coefficient (Wildman–Crippen LogP) is 2.98. The quantitative estimate of drug-likeness (QED) is 0.716. The third-order valence-corrected chi connectivity index (χ3v) is 4.78. The Labute approximate surface area is 159 Å². The van der Waals surface area contributed by atoms with E-state index in [1.54, 1.807) is 24.0 Å². The van der Waals surface area contributed by atoms with Crippen LogP contribution in [0.3, 0.4) is 0 Å². The number of amides is 1. The minimum atomic E-state index is -4.85. The summed E-state index contributed by atoms with van der Waals surface area (Å²) in [7, 11) is 1.81. The largest absolute Gasteiger partial charge is 0.422 e. The molecule has 148 valence electrons. The predicted molar refractivity (Wildman–Crippen MR) is 96.5 cm³/mol. The van der Waals surface area contributed by atoms with Gasteiger partial charge in [0.25, 0.3) is 5.91 Å². The third-order valence-electron chi connectivity index (χ3n) is 4.78. The van der Waals surface area contributed by atoms with E-state index in [1.807, 2.05) is 6.92 Å². The van der Waals surface area contributed by atoms with Crippen molar-refractivity contribution in [2.24, 2.45) is 7.05 Å². The molecule has 9 heteroatoms. The second-order valence-electron chi connectivity index (χ2n) is 6.74. The second-order valence-corrected chi connectivity index (χ2v) is 6.74. The van der Waals surface area contributed by atoms with E-state index in [4.69, 9.17) is 0 Å². The molecule has 1 aromatic carbocycles. The highest BCUT2D eigenvalue weighted by atomic mass is 19.4. The molecule has 2 aromatic heterocycles. The standard InChI is InChI=1S/C19H19F3N4O2/c1-11-14(10-24-26(11)3)9-23-17(27)13-4-6-15-12(8-13)5-7-16(25-15)18(2,28)19(20,21)22/h4-8,10,28H,9H2,1-3H3,(H,23,27). The molecule has 2 heterocycles. The van der Waals surface area contributed by atoms with Crippen molar-refractivity contribution in [2.75, 3.05) is 0 Å². The first-order valence-corrected chi connectivity index (χ1v) is 8.47. The fraction of sp³-hybridized carbons (Fsp3) is 0.316. The molecule has 0 aliphatic rings. The number of nitrogens with zero attached hydrogens (tertiary/aromatic N) is 3. The van der Waals surface area contributed by atoms with Crippen LogP contribution in [0.2, 0.25) is 0 Å². The second kappa shape index (κ2) is 6.90. The van der Waals surface area contributed by atoms with Crippen molar-refractivity contribution in [3.8, 4) is 0 Å². The van der Waals surface area contributed by atoms with E-state index < -0.39 is 17.5 Å². The smallest absolute Gasteiger partial charge is 0.375 e. The van der Waals surface area contributed by atoms with Crippen LogP contribution in [0.4, 0.5) is 13.2 Å². The van der Waals surface area contributed by atoms with E-state index >= 15 is 0 Å². The first-order chi connectivity index (χ1) is 13.0. The Morgan fingerprint density at radius 3 is 2.57 bits per heavy atom.